The summed E-state index contributed by atoms with van der Waals surface area (Å²) in [6, 6.07) is 6.30. The van der Waals surface area contributed by atoms with Gasteiger partial charge in [-0.05, 0) is 24.3 Å². The van der Waals surface area contributed by atoms with Crippen molar-refractivity contribution in [2.75, 3.05) is 31.4 Å². The van der Waals surface area contributed by atoms with Crippen LogP contribution in [0.3, 0.4) is 0 Å². The molecular formula is C13H18N2O5S. The highest BCUT2D eigenvalue weighted by molar-refractivity contribution is 7.88. The van der Waals surface area contributed by atoms with Crippen molar-refractivity contribution in [3.05, 3.63) is 29.8 Å². The van der Waals surface area contributed by atoms with Crippen molar-refractivity contribution in [2.24, 2.45) is 0 Å². The summed E-state index contributed by atoms with van der Waals surface area (Å²) in [4.78, 5) is 24.4. The molecule has 0 aromatic heterocycles. The Kier molecular flexibility index (Phi) is 5.86. The number of hydrogen-bond acceptors (Lipinski definition) is 5. The van der Waals surface area contributed by atoms with Gasteiger partial charge in [0.25, 0.3) is 0 Å². The molecule has 0 unspecified atom stereocenters. The zero-order valence-corrected chi connectivity index (χ0v) is 12.9. The van der Waals surface area contributed by atoms with E-state index in [9.17, 15) is 18.0 Å². The number of hydrogen-bond donors (Lipinski definition) is 1. The first-order chi connectivity index (χ1) is 9.74. The van der Waals surface area contributed by atoms with Gasteiger partial charge in [0, 0.05) is 25.7 Å². The smallest absolute Gasteiger partial charge is 0.337 e. The molecule has 0 saturated carbocycles. The minimum absolute atomic E-state index is 0.108. The van der Waals surface area contributed by atoms with Gasteiger partial charge in [-0.2, -0.15) is 0 Å². The number of carbonyl (C=O) groups is 2. The van der Waals surface area contributed by atoms with Crippen molar-refractivity contribution in [2.45, 2.75) is 6.92 Å². The molecule has 0 spiro atoms. The molecule has 0 bridgehead atoms. The van der Waals surface area contributed by atoms with Gasteiger partial charge in [-0.1, -0.05) is 0 Å². The number of methoxy groups -OCH3 is 1. The number of ether oxygens (including phenoxy) is 1. The highest BCUT2D eigenvalue weighted by Crippen LogP contribution is 2.15. The molecule has 0 atom stereocenters. The second-order valence-electron chi connectivity index (χ2n) is 4.38. The van der Waals surface area contributed by atoms with E-state index in [2.05, 4.69) is 9.46 Å². The number of rotatable bonds is 6. The quantitative estimate of drug-likeness (QED) is 0.766. The molecule has 0 fully saturated rings. The molecule has 0 saturated heterocycles. The molecule has 116 valence electrons. The van der Waals surface area contributed by atoms with Crippen molar-refractivity contribution in [3.63, 3.8) is 0 Å². The molecule has 7 nitrogen and oxygen atoms in total. The van der Waals surface area contributed by atoms with Crippen molar-refractivity contribution in [1.82, 2.24) is 4.72 Å². The lowest BCUT2D eigenvalue weighted by molar-refractivity contribution is -0.116. The van der Waals surface area contributed by atoms with Gasteiger partial charge in [0.15, 0.2) is 0 Å². The van der Waals surface area contributed by atoms with E-state index in [0.717, 1.165) is 6.26 Å². The van der Waals surface area contributed by atoms with Crippen LogP contribution in [0.1, 0.15) is 17.3 Å². The second kappa shape index (κ2) is 7.19. The minimum atomic E-state index is -3.30. The zero-order valence-electron chi connectivity index (χ0n) is 12.1. The summed E-state index contributed by atoms with van der Waals surface area (Å²) in [5.41, 5.74) is 0.949. The van der Waals surface area contributed by atoms with Crippen LogP contribution in [0, 0.1) is 0 Å². The first kappa shape index (κ1) is 17.1. The first-order valence-electron chi connectivity index (χ1n) is 6.15. The Balaban J connectivity index is 2.81. The topological polar surface area (TPSA) is 92.8 Å². The average Bonchev–Trinajstić information content (AvgIpc) is 2.41. The van der Waals surface area contributed by atoms with Gasteiger partial charge in [0.05, 0.1) is 18.9 Å². The molecule has 1 N–H and O–H groups in total. The first-order valence-corrected chi connectivity index (χ1v) is 8.05. The maximum atomic E-state index is 11.6. The predicted octanol–water partition coefficient (Wildman–Crippen LogP) is 0.375. The summed E-state index contributed by atoms with van der Waals surface area (Å²) in [5, 5.41) is 0. The Morgan fingerprint density at radius 1 is 1.24 bits per heavy atom. The SMILES string of the molecule is COC(=O)c1ccc(N(CCNS(C)(=O)=O)C(C)=O)cc1. The molecule has 1 rings (SSSR count). The Morgan fingerprint density at radius 3 is 2.24 bits per heavy atom. The van der Waals surface area contributed by atoms with Gasteiger partial charge in [-0.15, -0.1) is 0 Å². The average molecular weight is 314 g/mol. The summed E-state index contributed by atoms with van der Waals surface area (Å²) >= 11 is 0. The third-order valence-electron chi connectivity index (χ3n) is 2.68. The fraction of sp³-hybridized carbons (Fsp3) is 0.385. The second-order valence-corrected chi connectivity index (χ2v) is 6.21. The zero-order chi connectivity index (χ0) is 16.0. The monoisotopic (exact) mass is 314 g/mol. The van der Waals surface area contributed by atoms with E-state index in [1.165, 1.54) is 18.9 Å². The van der Waals surface area contributed by atoms with E-state index >= 15 is 0 Å². The van der Waals surface area contributed by atoms with Crippen molar-refractivity contribution < 1.29 is 22.7 Å². The van der Waals surface area contributed by atoms with Crippen LogP contribution in [-0.4, -0.2) is 46.7 Å². The maximum Gasteiger partial charge on any atom is 0.337 e. The lowest BCUT2D eigenvalue weighted by Gasteiger charge is -2.21. The molecule has 21 heavy (non-hydrogen) atoms. The van der Waals surface area contributed by atoms with E-state index in [0.29, 0.717) is 11.3 Å². The van der Waals surface area contributed by atoms with Gasteiger partial charge in [0.2, 0.25) is 15.9 Å². The van der Waals surface area contributed by atoms with Crippen LogP contribution in [0.15, 0.2) is 24.3 Å². The molecule has 0 heterocycles. The van der Waals surface area contributed by atoms with E-state index in [4.69, 9.17) is 0 Å². The molecule has 0 radical (unpaired) electrons. The summed E-state index contributed by atoms with van der Waals surface area (Å²) in [6.07, 6.45) is 1.05. The molecule has 0 aliphatic carbocycles. The molecule has 8 heteroatoms. The van der Waals surface area contributed by atoms with Crippen molar-refractivity contribution >= 4 is 27.6 Å². The molecular weight excluding hydrogens is 296 g/mol. The Morgan fingerprint density at radius 2 is 1.81 bits per heavy atom. The highest BCUT2D eigenvalue weighted by atomic mass is 32.2. The van der Waals surface area contributed by atoms with Crippen molar-refractivity contribution in [3.8, 4) is 0 Å². The number of anilines is 1. The van der Waals surface area contributed by atoms with Crippen LogP contribution < -0.4 is 9.62 Å². The number of nitrogens with one attached hydrogen (secondary N) is 1. The lowest BCUT2D eigenvalue weighted by atomic mass is 10.2. The van der Waals surface area contributed by atoms with E-state index in [1.807, 2.05) is 0 Å². The van der Waals surface area contributed by atoms with Gasteiger partial charge in [-0.3, -0.25) is 4.79 Å². The van der Waals surface area contributed by atoms with E-state index < -0.39 is 16.0 Å². The number of amides is 1. The van der Waals surface area contributed by atoms with Crippen LogP contribution in [0.25, 0.3) is 0 Å². The highest BCUT2D eigenvalue weighted by Gasteiger charge is 2.13. The number of carbonyl (C=O) groups excluding carboxylic acids is 2. The van der Waals surface area contributed by atoms with E-state index in [-0.39, 0.29) is 19.0 Å². The molecule has 0 aliphatic rings. The largest absolute Gasteiger partial charge is 0.465 e. The number of esters is 1. The van der Waals surface area contributed by atoms with Crippen LogP contribution in [0.5, 0.6) is 0 Å². The molecule has 1 aromatic rings. The molecule has 0 aliphatic heterocycles. The Labute approximate surface area is 123 Å². The normalized spacial score (nSPS) is 11.0. The Bertz CT molecular complexity index is 610. The summed E-state index contributed by atoms with van der Waals surface area (Å²) in [7, 11) is -2.01. The van der Waals surface area contributed by atoms with Gasteiger partial charge in [0.1, 0.15) is 0 Å². The number of benzene rings is 1. The van der Waals surface area contributed by atoms with E-state index in [1.54, 1.807) is 24.3 Å². The Hall–Kier alpha value is -1.93. The maximum absolute atomic E-state index is 11.6. The van der Waals surface area contributed by atoms with Crippen LogP contribution in [0.2, 0.25) is 0 Å². The fourth-order valence-corrected chi connectivity index (χ4v) is 2.17. The summed E-state index contributed by atoms with van der Waals surface area (Å²) in [5.74, 6) is -0.689. The predicted molar refractivity (Wildman–Crippen MR) is 78.7 cm³/mol. The standard InChI is InChI=1S/C13H18N2O5S/c1-10(16)15(9-8-14-21(3,18)19)12-6-4-11(5-7-12)13(17)20-2/h4-7,14H,8-9H2,1-3H3. The summed E-state index contributed by atoms with van der Waals surface area (Å²) < 4.78 is 28.9. The number of sulfonamides is 1. The van der Waals surface area contributed by atoms with Crippen LogP contribution in [-0.2, 0) is 19.6 Å². The minimum Gasteiger partial charge on any atom is -0.465 e. The van der Waals surface area contributed by atoms with Crippen molar-refractivity contribution in [1.29, 1.82) is 0 Å². The van der Waals surface area contributed by atoms with Gasteiger partial charge >= 0.3 is 5.97 Å². The third-order valence-corrected chi connectivity index (χ3v) is 3.41. The molecule has 1 aromatic carbocycles. The molecule has 1 amide bonds. The van der Waals surface area contributed by atoms with Crippen LogP contribution >= 0.6 is 0 Å². The van der Waals surface area contributed by atoms with Gasteiger partial charge < -0.3 is 9.64 Å². The fourth-order valence-electron chi connectivity index (χ4n) is 1.71. The van der Waals surface area contributed by atoms with Crippen LogP contribution in [0.4, 0.5) is 5.69 Å². The van der Waals surface area contributed by atoms with Gasteiger partial charge in [-0.25, -0.2) is 17.9 Å². The number of nitrogens with zero attached hydrogens (tertiary/aromatic N) is 1. The summed E-state index contributed by atoms with van der Waals surface area (Å²) in [6.45, 7) is 1.69. The lowest BCUT2D eigenvalue weighted by Crippen LogP contribution is -2.37. The third kappa shape index (κ3) is 5.52.